The quantitative estimate of drug-likeness (QED) is 0.274. The van der Waals surface area contributed by atoms with Crippen LogP contribution in [0.2, 0.25) is 5.02 Å². The van der Waals surface area contributed by atoms with Crippen LogP contribution in [0, 0.1) is 11.8 Å². The van der Waals surface area contributed by atoms with Crippen molar-refractivity contribution in [2.45, 2.75) is 61.9 Å². The Hall–Kier alpha value is -4.25. The molecule has 0 spiro atoms. The van der Waals surface area contributed by atoms with Gasteiger partial charge in [-0.1, -0.05) is 11.6 Å². The molecule has 4 amide bonds. The van der Waals surface area contributed by atoms with E-state index < -0.39 is 47.6 Å². The summed E-state index contributed by atoms with van der Waals surface area (Å²) in [5.41, 5.74) is 4.39. The Labute approximate surface area is 275 Å². The summed E-state index contributed by atoms with van der Waals surface area (Å²) >= 11 is 6.39. The SMILES string of the molecule is Cn1c(-c2cn(C3CC3(F)F)nc2C(F)(F)F)cnc1C(=O)Nc1ccc(C(=O)NC2[C@H]3CN(C(=O)N[C@@H]4CCCC4N)C[C@@H]23)c(Cl)c1. The van der Waals surface area contributed by atoms with Crippen LogP contribution < -0.4 is 21.7 Å². The van der Waals surface area contributed by atoms with Gasteiger partial charge < -0.3 is 31.2 Å². The maximum absolute atomic E-state index is 13.8. The number of halogens is 6. The Morgan fingerprint density at radius 2 is 1.79 bits per heavy atom. The molecular formula is C30H31ClF5N9O3. The Bertz CT molecular complexity index is 1800. The van der Waals surface area contributed by atoms with Crippen LogP contribution in [0.25, 0.3) is 11.3 Å². The van der Waals surface area contributed by atoms with E-state index in [1.54, 1.807) is 4.90 Å². The smallest absolute Gasteiger partial charge is 0.349 e. The van der Waals surface area contributed by atoms with Gasteiger partial charge in [0.2, 0.25) is 0 Å². The summed E-state index contributed by atoms with van der Waals surface area (Å²) in [5.74, 6) is -4.36. The van der Waals surface area contributed by atoms with Gasteiger partial charge in [0, 0.05) is 68.4 Å². The third-order valence-corrected chi connectivity index (χ3v) is 10.0. The first kappa shape index (κ1) is 32.3. The van der Waals surface area contributed by atoms with Crippen molar-refractivity contribution in [1.82, 2.24) is 34.9 Å². The number of aromatic nitrogens is 4. The van der Waals surface area contributed by atoms with E-state index in [9.17, 15) is 36.3 Å². The van der Waals surface area contributed by atoms with E-state index in [0.717, 1.165) is 36.2 Å². The molecule has 48 heavy (non-hydrogen) atoms. The van der Waals surface area contributed by atoms with E-state index in [2.05, 4.69) is 26.0 Å². The second-order valence-corrected chi connectivity index (χ2v) is 13.3. The first-order valence-corrected chi connectivity index (χ1v) is 15.8. The highest BCUT2D eigenvalue weighted by atomic mass is 35.5. The van der Waals surface area contributed by atoms with Gasteiger partial charge in [0.25, 0.3) is 17.7 Å². The number of nitrogens with two attached hydrogens (primary N) is 1. The maximum atomic E-state index is 13.8. The lowest BCUT2D eigenvalue weighted by Gasteiger charge is -2.25. The van der Waals surface area contributed by atoms with E-state index in [1.807, 2.05) is 0 Å². The summed E-state index contributed by atoms with van der Waals surface area (Å²) in [6.45, 7) is 1.04. The third kappa shape index (κ3) is 5.86. The van der Waals surface area contributed by atoms with Crippen LogP contribution in [0.3, 0.4) is 0 Å². The number of alkyl halides is 5. The van der Waals surface area contributed by atoms with E-state index >= 15 is 0 Å². The normalized spacial score (nSPS) is 27.0. The summed E-state index contributed by atoms with van der Waals surface area (Å²) in [4.78, 5) is 44.4. The van der Waals surface area contributed by atoms with E-state index in [4.69, 9.17) is 17.3 Å². The number of rotatable bonds is 7. The highest BCUT2D eigenvalue weighted by molar-refractivity contribution is 6.34. The van der Waals surface area contributed by atoms with Gasteiger partial charge in [-0.3, -0.25) is 14.3 Å². The number of urea groups is 1. The van der Waals surface area contributed by atoms with Crippen LogP contribution in [-0.4, -0.2) is 79.2 Å². The highest BCUT2D eigenvalue weighted by Crippen LogP contribution is 2.53. The number of imidazole rings is 1. The Morgan fingerprint density at radius 3 is 2.40 bits per heavy atom. The monoisotopic (exact) mass is 695 g/mol. The molecule has 6 atom stereocenters. The molecule has 256 valence electrons. The maximum Gasteiger partial charge on any atom is 0.435 e. The number of carbonyl (C=O) groups is 3. The zero-order valence-corrected chi connectivity index (χ0v) is 26.2. The van der Waals surface area contributed by atoms with Gasteiger partial charge in [0.1, 0.15) is 6.04 Å². The van der Waals surface area contributed by atoms with E-state index in [-0.39, 0.29) is 63.8 Å². The second kappa shape index (κ2) is 11.4. The minimum Gasteiger partial charge on any atom is -0.349 e. The van der Waals surface area contributed by atoms with Crippen molar-refractivity contribution < 1.29 is 36.3 Å². The number of fused-ring (bicyclic) bond motifs is 1. The molecule has 18 heteroatoms. The highest BCUT2D eigenvalue weighted by Gasteiger charge is 2.60. The number of nitrogens with zero attached hydrogens (tertiary/aromatic N) is 5. The molecule has 3 saturated carbocycles. The number of anilines is 1. The van der Waals surface area contributed by atoms with Crippen LogP contribution in [0.4, 0.5) is 32.4 Å². The molecule has 7 rings (SSSR count). The lowest BCUT2D eigenvalue weighted by atomic mass is 10.2. The summed E-state index contributed by atoms with van der Waals surface area (Å²) in [6, 6.07) is 2.45. The second-order valence-electron chi connectivity index (χ2n) is 12.9. The minimum absolute atomic E-state index is 0.0179. The van der Waals surface area contributed by atoms with Gasteiger partial charge >= 0.3 is 12.2 Å². The summed E-state index contributed by atoms with van der Waals surface area (Å²) < 4.78 is 70.1. The molecule has 12 nitrogen and oxygen atoms in total. The van der Waals surface area contributed by atoms with Crippen molar-refractivity contribution in [2.75, 3.05) is 18.4 Å². The first-order valence-electron chi connectivity index (χ1n) is 15.4. The molecule has 3 heterocycles. The summed E-state index contributed by atoms with van der Waals surface area (Å²) in [7, 11) is 1.31. The zero-order valence-electron chi connectivity index (χ0n) is 25.4. The number of carbonyl (C=O) groups excluding carboxylic acids is 3. The van der Waals surface area contributed by atoms with Gasteiger partial charge in [-0.2, -0.15) is 18.3 Å². The van der Waals surface area contributed by atoms with Crippen LogP contribution in [0.5, 0.6) is 0 Å². The average Bonchev–Trinajstić information content (AvgIpc) is 3.46. The van der Waals surface area contributed by atoms with Gasteiger partial charge in [-0.15, -0.1) is 0 Å². The van der Waals surface area contributed by atoms with Crippen molar-refractivity contribution in [1.29, 1.82) is 0 Å². The fraction of sp³-hybridized carbons (Fsp3) is 0.500. The number of hydrogen-bond acceptors (Lipinski definition) is 6. The van der Waals surface area contributed by atoms with Crippen LogP contribution in [0.15, 0.2) is 30.6 Å². The Kier molecular flexibility index (Phi) is 7.69. The fourth-order valence-electron chi connectivity index (χ4n) is 6.82. The molecule has 1 aromatic carbocycles. The number of piperidine rings is 1. The molecule has 3 aromatic rings. The van der Waals surface area contributed by atoms with Crippen molar-refractivity contribution in [3.63, 3.8) is 0 Å². The standard InChI is InChI=1S/C30H31ClF5N9O3/c1-43-21(17-12-45(22-8-29(22,32)33)42-24(17)30(34,35)36)9-38-25(43)27(47)39-13-5-6-14(18(31)7-13)26(46)41-23-15-10-44(11-16(15)23)28(48)40-20-4-2-3-19(20)37/h5-7,9,12,15-16,19-20,22-23H,2-4,8,10-11,37H2,1H3,(H,39,47)(H,40,48)(H,41,46)/t15-,16+,19?,20-,22?,23?/m1/s1. The van der Waals surface area contributed by atoms with Crippen molar-refractivity contribution in [2.24, 2.45) is 24.6 Å². The summed E-state index contributed by atoms with van der Waals surface area (Å²) in [5, 5.41) is 12.0. The first-order chi connectivity index (χ1) is 22.6. The average molecular weight is 696 g/mol. The van der Waals surface area contributed by atoms with Crippen LogP contribution in [0.1, 0.15) is 58.4 Å². The molecule has 0 radical (unpaired) electrons. The topological polar surface area (TPSA) is 152 Å². The van der Waals surface area contributed by atoms with Gasteiger partial charge in [0.15, 0.2) is 11.5 Å². The van der Waals surface area contributed by atoms with Gasteiger partial charge in [0.05, 0.1) is 28.0 Å². The fourth-order valence-corrected chi connectivity index (χ4v) is 7.09. The van der Waals surface area contributed by atoms with E-state index in [0.29, 0.717) is 17.8 Å². The number of likely N-dealkylation sites (tertiary alicyclic amines) is 1. The number of benzene rings is 1. The van der Waals surface area contributed by atoms with Crippen molar-refractivity contribution in [3.05, 3.63) is 52.7 Å². The molecule has 5 N–H and O–H groups in total. The van der Waals surface area contributed by atoms with Crippen LogP contribution in [-0.2, 0) is 13.2 Å². The Morgan fingerprint density at radius 1 is 1.08 bits per heavy atom. The number of hydrogen-bond donors (Lipinski definition) is 4. The predicted molar refractivity (Wildman–Crippen MR) is 161 cm³/mol. The van der Waals surface area contributed by atoms with Gasteiger partial charge in [-0.05, 0) is 37.5 Å². The Balaban J connectivity index is 0.967. The molecule has 1 aliphatic heterocycles. The number of nitrogens with one attached hydrogen (secondary N) is 3. The molecular weight excluding hydrogens is 665 g/mol. The molecule has 0 bridgehead atoms. The lowest BCUT2D eigenvalue weighted by Crippen LogP contribution is -2.50. The minimum atomic E-state index is -4.94. The molecule has 2 aromatic heterocycles. The van der Waals surface area contributed by atoms with Crippen molar-refractivity contribution >= 4 is 35.1 Å². The molecule has 3 aliphatic carbocycles. The molecule has 4 aliphatic rings. The largest absolute Gasteiger partial charge is 0.435 e. The molecule has 3 unspecified atom stereocenters. The third-order valence-electron chi connectivity index (χ3n) is 9.71. The van der Waals surface area contributed by atoms with E-state index in [1.165, 1.54) is 25.2 Å². The number of amides is 4. The summed E-state index contributed by atoms with van der Waals surface area (Å²) in [6.07, 6.45) is -0.904. The van der Waals surface area contributed by atoms with Gasteiger partial charge in [-0.25, -0.2) is 18.6 Å². The van der Waals surface area contributed by atoms with Crippen LogP contribution >= 0.6 is 11.6 Å². The lowest BCUT2D eigenvalue weighted by molar-refractivity contribution is -0.141. The molecule has 1 saturated heterocycles. The predicted octanol–water partition coefficient (Wildman–Crippen LogP) is 4.04. The van der Waals surface area contributed by atoms with Crippen molar-refractivity contribution in [3.8, 4) is 11.3 Å². The molecule has 4 fully saturated rings. The zero-order chi connectivity index (χ0) is 34.3.